The molecule has 118 valence electrons. The van der Waals surface area contributed by atoms with Crippen molar-refractivity contribution in [3.8, 4) is 0 Å². The Balaban J connectivity index is 1.89. The highest BCUT2D eigenvalue weighted by atomic mass is 15.0. The van der Waals surface area contributed by atoms with Gasteiger partial charge in [0.1, 0.15) is 5.82 Å². The zero-order chi connectivity index (χ0) is 15.5. The molecule has 0 amide bonds. The van der Waals surface area contributed by atoms with E-state index in [0.717, 1.165) is 42.5 Å². The summed E-state index contributed by atoms with van der Waals surface area (Å²) in [6, 6.07) is 4.61. The Bertz CT molecular complexity index is 456. The van der Waals surface area contributed by atoms with Crippen molar-refractivity contribution in [2.75, 3.05) is 17.2 Å². The number of nitrogens with zero attached hydrogens (tertiary/aromatic N) is 1. The summed E-state index contributed by atoms with van der Waals surface area (Å²) in [4.78, 5) is 4.64. The van der Waals surface area contributed by atoms with Crippen LogP contribution in [0.15, 0.2) is 12.1 Å². The lowest BCUT2D eigenvalue weighted by molar-refractivity contribution is 0.339. The van der Waals surface area contributed by atoms with Crippen molar-refractivity contribution in [1.82, 2.24) is 4.98 Å². The van der Waals surface area contributed by atoms with Crippen molar-refractivity contribution in [2.45, 2.75) is 65.0 Å². The van der Waals surface area contributed by atoms with E-state index in [1.165, 1.54) is 12.8 Å². The lowest BCUT2D eigenvalue weighted by atomic mass is 9.86. The fourth-order valence-electron chi connectivity index (χ4n) is 2.85. The van der Waals surface area contributed by atoms with Crippen LogP contribution in [0.4, 0.5) is 11.5 Å². The molecule has 0 spiro atoms. The lowest BCUT2D eigenvalue weighted by Gasteiger charge is -2.27. The summed E-state index contributed by atoms with van der Waals surface area (Å²) in [7, 11) is 0. The Labute approximate surface area is 128 Å². The normalized spacial score (nSPS) is 22.9. The molecule has 0 saturated heterocycles. The number of hydrogen-bond donors (Lipinski definition) is 3. The van der Waals surface area contributed by atoms with Crippen LogP contribution in [-0.2, 0) is 0 Å². The molecular weight excluding hydrogens is 260 g/mol. The molecule has 0 aliphatic heterocycles. The van der Waals surface area contributed by atoms with Crippen molar-refractivity contribution in [3.63, 3.8) is 0 Å². The fourth-order valence-corrected chi connectivity index (χ4v) is 2.85. The summed E-state index contributed by atoms with van der Waals surface area (Å²) in [6.07, 6.45) is 4.81. The maximum absolute atomic E-state index is 5.96. The van der Waals surface area contributed by atoms with E-state index in [-0.39, 0.29) is 5.54 Å². The molecule has 0 aromatic carbocycles. The van der Waals surface area contributed by atoms with Gasteiger partial charge < -0.3 is 16.4 Å². The Hall–Kier alpha value is -1.29. The van der Waals surface area contributed by atoms with Crippen LogP contribution in [-0.4, -0.2) is 23.1 Å². The number of hydrogen-bond acceptors (Lipinski definition) is 4. The first-order valence-electron chi connectivity index (χ1n) is 8.09. The van der Waals surface area contributed by atoms with E-state index in [1.54, 1.807) is 0 Å². The molecule has 1 saturated carbocycles. The van der Waals surface area contributed by atoms with E-state index in [1.807, 2.05) is 0 Å². The van der Waals surface area contributed by atoms with Crippen LogP contribution in [0.1, 0.15) is 52.1 Å². The van der Waals surface area contributed by atoms with Gasteiger partial charge in [0.05, 0.1) is 11.4 Å². The summed E-state index contributed by atoms with van der Waals surface area (Å²) < 4.78 is 0. The Morgan fingerprint density at radius 3 is 2.43 bits per heavy atom. The minimum absolute atomic E-state index is 0.0370. The predicted molar refractivity (Wildman–Crippen MR) is 90.8 cm³/mol. The monoisotopic (exact) mass is 290 g/mol. The van der Waals surface area contributed by atoms with Gasteiger partial charge in [-0.2, -0.15) is 0 Å². The molecule has 1 aliphatic rings. The van der Waals surface area contributed by atoms with Gasteiger partial charge in [0.2, 0.25) is 0 Å². The van der Waals surface area contributed by atoms with Gasteiger partial charge in [-0.15, -0.1) is 0 Å². The van der Waals surface area contributed by atoms with Crippen LogP contribution in [0.3, 0.4) is 0 Å². The molecule has 4 nitrogen and oxygen atoms in total. The summed E-state index contributed by atoms with van der Waals surface area (Å²) in [5, 5.41) is 6.96. The van der Waals surface area contributed by atoms with Gasteiger partial charge in [0.25, 0.3) is 0 Å². The van der Waals surface area contributed by atoms with Crippen LogP contribution in [0.2, 0.25) is 0 Å². The third-order valence-electron chi connectivity index (χ3n) is 4.06. The van der Waals surface area contributed by atoms with Crippen molar-refractivity contribution in [1.29, 1.82) is 0 Å². The van der Waals surface area contributed by atoms with Crippen molar-refractivity contribution >= 4 is 11.5 Å². The molecule has 1 aliphatic carbocycles. The second kappa shape index (κ2) is 6.65. The molecule has 1 aromatic rings. The summed E-state index contributed by atoms with van der Waals surface area (Å²) >= 11 is 0. The van der Waals surface area contributed by atoms with Crippen LogP contribution >= 0.6 is 0 Å². The molecule has 1 fully saturated rings. The van der Waals surface area contributed by atoms with Gasteiger partial charge in [-0.3, -0.25) is 0 Å². The Morgan fingerprint density at radius 1 is 1.19 bits per heavy atom. The second-order valence-electron chi connectivity index (χ2n) is 7.37. The first-order chi connectivity index (χ1) is 9.83. The summed E-state index contributed by atoms with van der Waals surface area (Å²) in [6.45, 7) is 9.52. The predicted octanol–water partition coefficient (Wildman–Crippen LogP) is 3.53. The van der Waals surface area contributed by atoms with E-state index in [9.17, 15) is 0 Å². The van der Waals surface area contributed by atoms with Gasteiger partial charge in [0, 0.05) is 18.1 Å². The minimum atomic E-state index is 0.0370. The Morgan fingerprint density at radius 2 is 1.86 bits per heavy atom. The number of aromatic nitrogens is 1. The molecule has 1 heterocycles. The largest absolute Gasteiger partial charge is 0.383 e. The topological polar surface area (TPSA) is 63.0 Å². The number of aryl methyl sites for hydroxylation is 1. The molecule has 2 rings (SSSR count). The van der Waals surface area contributed by atoms with Gasteiger partial charge >= 0.3 is 0 Å². The first kappa shape index (κ1) is 16.1. The fraction of sp³-hybridized carbons (Fsp3) is 0.706. The highest BCUT2D eigenvalue weighted by molar-refractivity contribution is 5.53. The van der Waals surface area contributed by atoms with Crippen LogP contribution in [0, 0.1) is 12.8 Å². The molecule has 0 unspecified atom stereocenters. The van der Waals surface area contributed by atoms with E-state index >= 15 is 0 Å². The van der Waals surface area contributed by atoms with Crippen molar-refractivity contribution in [2.24, 2.45) is 11.7 Å². The third-order valence-corrected chi connectivity index (χ3v) is 4.06. The molecule has 1 aromatic heterocycles. The number of nitrogens with one attached hydrogen (secondary N) is 2. The zero-order valence-corrected chi connectivity index (χ0v) is 13.9. The van der Waals surface area contributed by atoms with E-state index in [2.05, 4.69) is 55.4 Å². The maximum Gasteiger partial charge on any atom is 0.126 e. The van der Waals surface area contributed by atoms with Crippen LogP contribution < -0.4 is 16.4 Å². The quantitative estimate of drug-likeness (QED) is 0.794. The first-order valence-corrected chi connectivity index (χ1v) is 8.09. The summed E-state index contributed by atoms with van der Waals surface area (Å²) in [5.41, 5.74) is 8.19. The number of pyridine rings is 1. The zero-order valence-electron chi connectivity index (χ0n) is 13.9. The highest BCUT2D eigenvalue weighted by Crippen LogP contribution is 2.24. The molecule has 21 heavy (non-hydrogen) atoms. The molecule has 0 bridgehead atoms. The summed E-state index contributed by atoms with van der Waals surface area (Å²) in [5.74, 6) is 1.69. The van der Waals surface area contributed by atoms with Gasteiger partial charge in [0.15, 0.2) is 0 Å². The number of nitrogens with two attached hydrogens (primary N) is 1. The van der Waals surface area contributed by atoms with Gasteiger partial charge in [-0.05, 0) is 71.4 Å². The lowest BCUT2D eigenvalue weighted by Crippen LogP contribution is -2.29. The molecular formula is C17H30N4. The van der Waals surface area contributed by atoms with Gasteiger partial charge in [-0.1, -0.05) is 0 Å². The minimum Gasteiger partial charge on any atom is -0.383 e. The van der Waals surface area contributed by atoms with E-state index < -0.39 is 0 Å². The average molecular weight is 290 g/mol. The smallest absolute Gasteiger partial charge is 0.126 e. The van der Waals surface area contributed by atoms with E-state index in [4.69, 9.17) is 5.73 Å². The number of rotatable bonds is 4. The van der Waals surface area contributed by atoms with E-state index in [0.29, 0.717) is 6.04 Å². The SMILES string of the molecule is Cc1nc(NC(C)(C)C)ccc1NC[C@H]1CC[C@H](N)CC1. The molecule has 0 radical (unpaired) electrons. The van der Waals surface area contributed by atoms with Crippen LogP contribution in [0.25, 0.3) is 0 Å². The molecule has 4 N–H and O–H groups in total. The number of anilines is 2. The average Bonchev–Trinajstić information content (AvgIpc) is 2.38. The third kappa shape index (κ3) is 5.20. The molecule has 0 atom stereocenters. The Kier molecular flexibility index (Phi) is 5.09. The van der Waals surface area contributed by atoms with Crippen molar-refractivity contribution < 1.29 is 0 Å². The van der Waals surface area contributed by atoms with Crippen LogP contribution in [0.5, 0.6) is 0 Å². The maximum atomic E-state index is 5.96. The molecule has 4 heteroatoms. The second-order valence-corrected chi connectivity index (χ2v) is 7.37. The standard InChI is InChI=1S/C17H30N4/c1-12-15(9-10-16(20-12)21-17(2,3)4)19-11-13-5-7-14(18)8-6-13/h9-10,13-14,19H,5-8,11,18H2,1-4H3,(H,20,21)/t13-,14-. The van der Waals surface area contributed by atoms with Crippen molar-refractivity contribution in [3.05, 3.63) is 17.8 Å². The highest BCUT2D eigenvalue weighted by Gasteiger charge is 2.18. The van der Waals surface area contributed by atoms with Gasteiger partial charge in [-0.25, -0.2) is 4.98 Å².